The first kappa shape index (κ1) is 22.3. The number of nitrogens with zero attached hydrogens (tertiary/aromatic N) is 1. The van der Waals surface area contributed by atoms with Gasteiger partial charge in [-0.2, -0.15) is 0 Å². The SMILES string of the molecule is O=C1[C@@H]2[C@H](Cc3ccc(O)c(O)c3)N[C@]3(C(=O)Nc4ccccc43)[C@@H]2C(=O)N1CCc1ccccc1. The number of likely N-dealkylation sites (tertiary alicyclic amines) is 1. The van der Waals surface area contributed by atoms with Gasteiger partial charge in [-0.25, -0.2) is 0 Å². The zero-order valence-electron chi connectivity index (χ0n) is 19.3. The molecule has 8 heteroatoms. The summed E-state index contributed by atoms with van der Waals surface area (Å²) in [5.41, 5.74) is 1.61. The van der Waals surface area contributed by atoms with E-state index in [1.165, 1.54) is 17.0 Å². The number of phenolic OH excluding ortho intramolecular Hbond substituents is 2. The lowest BCUT2D eigenvalue weighted by atomic mass is 9.76. The smallest absolute Gasteiger partial charge is 0.250 e. The summed E-state index contributed by atoms with van der Waals surface area (Å²) in [5.74, 6) is -3.14. The summed E-state index contributed by atoms with van der Waals surface area (Å²) < 4.78 is 0. The average molecular weight is 484 g/mol. The van der Waals surface area contributed by atoms with Gasteiger partial charge in [0.15, 0.2) is 11.5 Å². The molecular weight excluding hydrogens is 458 g/mol. The molecular formula is C28H25N3O5. The fraction of sp³-hybridized carbons (Fsp3) is 0.250. The molecule has 3 aliphatic heterocycles. The van der Waals surface area contributed by atoms with Crippen molar-refractivity contribution in [1.82, 2.24) is 10.2 Å². The molecule has 4 atom stereocenters. The first-order chi connectivity index (χ1) is 17.4. The van der Waals surface area contributed by atoms with Gasteiger partial charge >= 0.3 is 0 Å². The van der Waals surface area contributed by atoms with Crippen LogP contribution in [0.4, 0.5) is 5.69 Å². The summed E-state index contributed by atoms with van der Waals surface area (Å²) >= 11 is 0. The molecule has 4 N–H and O–H groups in total. The third-order valence-corrected chi connectivity index (χ3v) is 7.68. The molecule has 1 spiro atoms. The van der Waals surface area contributed by atoms with Crippen LogP contribution in [0.2, 0.25) is 0 Å². The number of rotatable bonds is 5. The number of hydrogen-bond acceptors (Lipinski definition) is 6. The molecule has 8 nitrogen and oxygen atoms in total. The van der Waals surface area contributed by atoms with Gasteiger partial charge in [0.25, 0.3) is 0 Å². The van der Waals surface area contributed by atoms with Gasteiger partial charge < -0.3 is 15.5 Å². The molecule has 6 rings (SSSR count). The van der Waals surface area contributed by atoms with E-state index in [2.05, 4.69) is 10.6 Å². The Balaban J connectivity index is 1.39. The predicted octanol–water partition coefficient (Wildman–Crippen LogP) is 2.30. The number of para-hydroxylation sites is 1. The molecule has 0 saturated carbocycles. The van der Waals surface area contributed by atoms with E-state index < -0.39 is 23.4 Å². The highest BCUT2D eigenvalue weighted by atomic mass is 16.3. The van der Waals surface area contributed by atoms with Crippen molar-refractivity contribution in [3.05, 3.63) is 89.5 Å². The number of anilines is 1. The number of carbonyl (C=O) groups excluding carboxylic acids is 3. The normalized spacial score (nSPS) is 26.4. The van der Waals surface area contributed by atoms with Crippen LogP contribution in [0.15, 0.2) is 72.8 Å². The Morgan fingerprint density at radius 1 is 0.833 bits per heavy atom. The van der Waals surface area contributed by atoms with Crippen molar-refractivity contribution in [2.45, 2.75) is 24.4 Å². The van der Waals surface area contributed by atoms with E-state index in [0.29, 0.717) is 23.2 Å². The number of aromatic hydroxyl groups is 2. The van der Waals surface area contributed by atoms with E-state index in [-0.39, 0.29) is 42.2 Å². The molecule has 3 aromatic rings. The fourth-order valence-corrected chi connectivity index (χ4v) is 6.05. The van der Waals surface area contributed by atoms with E-state index in [9.17, 15) is 24.6 Å². The molecule has 3 heterocycles. The van der Waals surface area contributed by atoms with Crippen LogP contribution in [-0.4, -0.2) is 45.4 Å². The number of imide groups is 1. The number of carbonyl (C=O) groups is 3. The highest BCUT2D eigenvalue weighted by Gasteiger charge is 2.70. The van der Waals surface area contributed by atoms with Crippen LogP contribution >= 0.6 is 0 Å². The van der Waals surface area contributed by atoms with Crippen molar-refractivity contribution in [2.75, 3.05) is 11.9 Å². The van der Waals surface area contributed by atoms with Crippen molar-refractivity contribution in [3.63, 3.8) is 0 Å². The van der Waals surface area contributed by atoms with Crippen molar-refractivity contribution in [2.24, 2.45) is 11.8 Å². The summed E-state index contributed by atoms with van der Waals surface area (Å²) in [6.45, 7) is 0.237. The molecule has 182 valence electrons. The van der Waals surface area contributed by atoms with Gasteiger partial charge in [0, 0.05) is 23.8 Å². The lowest BCUT2D eigenvalue weighted by Gasteiger charge is -2.29. The quantitative estimate of drug-likeness (QED) is 0.327. The van der Waals surface area contributed by atoms with Gasteiger partial charge in [-0.1, -0.05) is 54.6 Å². The lowest BCUT2D eigenvalue weighted by Crippen LogP contribution is -2.53. The topological polar surface area (TPSA) is 119 Å². The standard InChI is InChI=1S/C28H25N3O5/c32-21-11-10-17(15-22(21)33)14-20-23-24(28(30-20)18-8-4-5-9-19(18)29-27(28)36)26(35)31(25(23)34)13-12-16-6-2-1-3-7-16/h1-11,15,20,23-24,30,32-33H,12-14H2,(H,29,36)/t20-,23+,24-,28-/m0/s1. The Morgan fingerprint density at radius 2 is 1.58 bits per heavy atom. The molecule has 2 fully saturated rings. The minimum Gasteiger partial charge on any atom is -0.504 e. The van der Waals surface area contributed by atoms with Gasteiger partial charge in [-0.05, 0) is 42.2 Å². The van der Waals surface area contributed by atoms with E-state index in [4.69, 9.17) is 0 Å². The third kappa shape index (κ3) is 3.21. The van der Waals surface area contributed by atoms with Crippen molar-refractivity contribution in [1.29, 1.82) is 0 Å². The second-order valence-corrected chi connectivity index (χ2v) is 9.65. The van der Waals surface area contributed by atoms with E-state index in [0.717, 1.165) is 5.56 Å². The second kappa shape index (κ2) is 8.20. The minimum absolute atomic E-state index is 0.237. The van der Waals surface area contributed by atoms with Crippen LogP contribution < -0.4 is 10.6 Å². The molecule has 3 amide bonds. The van der Waals surface area contributed by atoms with Crippen LogP contribution in [0, 0.1) is 11.8 Å². The van der Waals surface area contributed by atoms with Gasteiger partial charge in [0.05, 0.1) is 11.8 Å². The van der Waals surface area contributed by atoms with E-state index in [1.54, 1.807) is 12.1 Å². The summed E-state index contributed by atoms with van der Waals surface area (Å²) in [5, 5.41) is 26.0. The lowest BCUT2D eigenvalue weighted by molar-refractivity contribution is -0.142. The van der Waals surface area contributed by atoms with E-state index >= 15 is 0 Å². The fourth-order valence-electron chi connectivity index (χ4n) is 6.05. The average Bonchev–Trinajstić information content (AvgIpc) is 3.45. The van der Waals surface area contributed by atoms with E-state index in [1.807, 2.05) is 48.5 Å². The number of benzene rings is 3. The summed E-state index contributed by atoms with van der Waals surface area (Å²) in [4.78, 5) is 42.4. The zero-order valence-corrected chi connectivity index (χ0v) is 19.3. The molecule has 0 radical (unpaired) electrons. The number of phenols is 2. The van der Waals surface area contributed by atoms with Crippen LogP contribution in [0.1, 0.15) is 16.7 Å². The first-order valence-electron chi connectivity index (χ1n) is 12.0. The molecule has 3 aliphatic rings. The van der Waals surface area contributed by atoms with Crippen LogP contribution in [0.5, 0.6) is 11.5 Å². The summed E-state index contributed by atoms with van der Waals surface area (Å²) in [6, 6.07) is 20.8. The number of hydrogen-bond donors (Lipinski definition) is 4. The summed E-state index contributed by atoms with van der Waals surface area (Å²) in [6.07, 6.45) is 0.815. The predicted molar refractivity (Wildman–Crippen MR) is 131 cm³/mol. The monoisotopic (exact) mass is 483 g/mol. The molecule has 2 saturated heterocycles. The van der Waals surface area contributed by atoms with Gasteiger partial charge in [-0.3, -0.25) is 24.6 Å². The number of amides is 3. The maximum atomic E-state index is 13.8. The molecule has 3 aromatic carbocycles. The van der Waals surface area contributed by atoms with Gasteiger partial charge in [-0.15, -0.1) is 0 Å². The maximum Gasteiger partial charge on any atom is 0.250 e. The Bertz CT molecular complexity index is 1390. The van der Waals surface area contributed by atoms with Gasteiger partial charge in [0.2, 0.25) is 17.7 Å². The Kier molecular flexibility index (Phi) is 5.08. The Labute approximate surface area is 207 Å². The minimum atomic E-state index is -1.36. The number of fused-ring (bicyclic) bond motifs is 4. The zero-order chi connectivity index (χ0) is 25.0. The Morgan fingerprint density at radius 3 is 2.36 bits per heavy atom. The highest BCUT2D eigenvalue weighted by molar-refractivity contribution is 6.15. The molecule has 36 heavy (non-hydrogen) atoms. The molecule has 0 unspecified atom stereocenters. The van der Waals surface area contributed by atoms with Crippen molar-refractivity contribution >= 4 is 23.4 Å². The van der Waals surface area contributed by atoms with Gasteiger partial charge in [0.1, 0.15) is 5.54 Å². The third-order valence-electron chi connectivity index (χ3n) is 7.68. The van der Waals surface area contributed by atoms with Crippen LogP contribution in [0.25, 0.3) is 0 Å². The largest absolute Gasteiger partial charge is 0.504 e. The van der Waals surface area contributed by atoms with Crippen molar-refractivity contribution < 1.29 is 24.6 Å². The molecule has 0 aliphatic carbocycles. The summed E-state index contributed by atoms with van der Waals surface area (Å²) in [7, 11) is 0. The molecule has 0 bridgehead atoms. The first-order valence-corrected chi connectivity index (χ1v) is 12.0. The Hall–Kier alpha value is -4.17. The maximum absolute atomic E-state index is 13.8. The highest BCUT2D eigenvalue weighted by Crippen LogP contribution is 2.53. The molecule has 0 aromatic heterocycles. The number of nitrogens with one attached hydrogen (secondary N) is 2. The second-order valence-electron chi connectivity index (χ2n) is 9.65. The van der Waals surface area contributed by atoms with Crippen LogP contribution in [-0.2, 0) is 32.8 Å². The van der Waals surface area contributed by atoms with Crippen molar-refractivity contribution in [3.8, 4) is 11.5 Å². The van der Waals surface area contributed by atoms with Crippen LogP contribution in [0.3, 0.4) is 0 Å².